The van der Waals surface area contributed by atoms with Gasteiger partial charge in [0.2, 0.25) is 14.1 Å². The summed E-state index contributed by atoms with van der Waals surface area (Å²) in [6.45, 7) is 10.4. The van der Waals surface area contributed by atoms with Crippen LogP contribution in [0.3, 0.4) is 0 Å². The zero-order chi connectivity index (χ0) is 25.8. The Morgan fingerprint density at radius 1 is 0.971 bits per heavy atom. The van der Waals surface area contributed by atoms with Gasteiger partial charge >= 0.3 is 5.51 Å². The Labute approximate surface area is 205 Å². The fourth-order valence-electron chi connectivity index (χ4n) is 3.65. The molecule has 1 spiro atoms. The van der Waals surface area contributed by atoms with E-state index in [0.29, 0.717) is 6.07 Å². The first kappa shape index (κ1) is 26.0. The van der Waals surface area contributed by atoms with Crippen molar-refractivity contribution < 1.29 is 40.6 Å². The van der Waals surface area contributed by atoms with E-state index < -0.39 is 31.2 Å². The van der Waals surface area contributed by atoms with Crippen LogP contribution in [0.15, 0.2) is 41.3 Å². The van der Waals surface area contributed by atoms with Gasteiger partial charge in [-0.25, -0.2) is 8.78 Å². The van der Waals surface area contributed by atoms with Crippen molar-refractivity contribution in [1.82, 2.24) is 0 Å². The van der Waals surface area contributed by atoms with Gasteiger partial charge in [0.05, 0.1) is 18.8 Å². The molecule has 1 saturated heterocycles. The second kappa shape index (κ2) is 8.79. The zero-order valence-corrected chi connectivity index (χ0v) is 21.6. The topological polar surface area (TPSA) is 36.9 Å². The first-order valence-electron chi connectivity index (χ1n) is 10.9. The predicted octanol–water partition coefficient (Wildman–Crippen LogP) is 7.94. The van der Waals surface area contributed by atoms with Crippen LogP contribution in [0.5, 0.6) is 11.5 Å². The highest BCUT2D eigenvalue weighted by Gasteiger charge is 2.51. The molecule has 0 N–H and O–H groups in total. The molecule has 4 nitrogen and oxygen atoms in total. The second-order valence-electron chi connectivity index (χ2n) is 9.80. The SMILES string of the molecule is CC(C)(C)[Si](C)(C)OC1=CC2(OCCO2)c2c(SC(F)(F)F)ccc(Oc3cc(F)cc(F)c3)c21. The van der Waals surface area contributed by atoms with Crippen LogP contribution < -0.4 is 4.74 Å². The van der Waals surface area contributed by atoms with E-state index in [-0.39, 0.29) is 63.3 Å². The van der Waals surface area contributed by atoms with Gasteiger partial charge < -0.3 is 18.6 Å². The number of hydrogen-bond donors (Lipinski definition) is 0. The van der Waals surface area contributed by atoms with Gasteiger partial charge in [-0.05, 0) is 42.0 Å². The van der Waals surface area contributed by atoms with Crippen molar-refractivity contribution in [3.05, 3.63) is 59.2 Å². The average molecular weight is 533 g/mol. The Morgan fingerprint density at radius 2 is 1.57 bits per heavy atom. The van der Waals surface area contributed by atoms with Crippen LogP contribution in [0.2, 0.25) is 18.1 Å². The molecule has 1 aliphatic heterocycles. The van der Waals surface area contributed by atoms with Gasteiger partial charge in [0.25, 0.3) is 0 Å². The van der Waals surface area contributed by atoms with Gasteiger partial charge in [0, 0.05) is 34.7 Å². The molecular formula is C24H25F5O4SSi. The van der Waals surface area contributed by atoms with Crippen LogP contribution in [0.25, 0.3) is 5.76 Å². The molecular weight excluding hydrogens is 507 g/mol. The summed E-state index contributed by atoms with van der Waals surface area (Å²) in [4.78, 5) is -0.141. The normalized spacial score (nSPS) is 17.5. The third kappa shape index (κ3) is 5.23. The lowest BCUT2D eigenvalue weighted by Crippen LogP contribution is -2.40. The van der Waals surface area contributed by atoms with Gasteiger partial charge in [0.1, 0.15) is 28.9 Å². The van der Waals surface area contributed by atoms with E-state index >= 15 is 0 Å². The smallest absolute Gasteiger partial charge is 0.446 e. The van der Waals surface area contributed by atoms with Crippen molar-refractivity contribution in [1.29, 1.82) is 0 Å². The molecule has 2 aliphatic rings. The van der Waals surface area contributed by atoms with Crippen molar-refractivity contribution in [3.63, 3.8) is 0 Å². The molecule has 11 heteroatoms. The number of fused-ring (bicyclic) bond motifs is 2. The predicted molar refractivity (Wildman–Crippen MR) is 125 cm³/mol. The fourth-order valence-corrected chi connectivity index (χ4v) is 5.39. The van der Waals surface area contributed by atoms with Crippen molar-refractivity contribution in [2.75, 3.05) is 13.2 Å². The molecule has 0 saturated carbocycles. The van der Waals surface area contributed by atoms with Crippen LogP contribution in [-0.2, 0) is 19.7 Å². The number of halogens is 5. The number of thioether (sulfide) groups is 1. The minimum atomic E-state index is -4.58. The summed E-state index contributed by atoms with van der Waals surface area (Å²) in [6, 6.07) is 5.23. The third-order valence-corrected chi connectivity index (χ3v) is 11.4. The summed E-state index contributed by atoms with van der Waals surface area (Å²) in [6.07, 6.45) is 1.53. The molecule has 190 valence electrons. The van der Waals surface area contributed by atoms with E-state index in [0.717, 1.165) is 12.1 Å². The van der Waals surface area contributed by atoms with E-state index in [1.54, 1.807) is 0 Å². The number of rotatable bonds is 5. The Morgan fingerprint density at radius 3 is 2.11 bits per heavy atom. The van der Waals surface area contributed by atoms with E-state index in [4.69, 9.17) is 18.6 Å². The summed E-state index contributed by atoms with van der Waals surface area (Å²) in [5.41, 5.74) is -4.28. The maximum atomic E-state index is 13.8. The van der Waals surface area contributed by atoms with Gasteiger partial charge in [-0.15, -0.1) is 0 Å². The Bertz CT molecular complexity index is 1150. The van der Waals surface area contributed by atoms with Crippen molar-refractivity contribution >= 4 is 25.8 Å². The molecule has 2 aromatic carbocycles. The maximum Gasteiger partial charge on any atom is 0.446 e. The molecule has 0 atom stereocenters. The fraction of sp³-hybridized carbons (Fsp3) is 0.417. The largest absolute Gasteiger partial charge is 0.543 e. The quantitative estimate of drug-likeness (QED) is 0.222. The first-order valence-corrected chi connectivity index (χ1v) is 14.6. The van der Waals surface area contributed by atoms with Gasteiger partial charge in [0.15, 0.2) is 0 Å². The summed E-state index contributed by atoms with van der Waals surface area (Å²) < 4.78 is 92.0. The first-order chi connectivity index (χ1) is 16.1. The van der Waals surface area contributed by atoms with Crippen molar-refractivity contribution in [2.24, 2.45) is 0 Å². The third-order valence-electron chi connectivity index (χ3n) is 6.22. The van der Waals surface area contributed by atoms with Crippen molar-refractivity contribution in [2.45, 2.75) is 55.1 Å². The highest BCUT2D eigenvalue weighted by Crippen LogP contribution is 2.56. The van der Waals surface area contributed by atoms with Gasteiger partial charge in [-0.3, -0.25) is 0 Å². The zero-order valence-electron chi connectivity index (χ0n) is 19.8. The molecule has 2 aromatic rings. The Balaban J connectivity index is 1.91. The molecule has 35 heavy (non-hydrogen) atoms. The van der Waals surface area contributed by atoms with Crippen LogP contribution >= 0.6 is 11.8 Å². The molecule has 1 aliphatic carbocycles. The van der Waals surface area contributed by atoms with Crippen LogP contribution in [-0.4, -0.2) is 27.0 Å². The minimum Gasteiger partial charge on any atom is -0.543 e. The van der Waals surface area contributed by atoms with Gasteiger partial charge in [-0.2, -0.15) is 13.2 Å². The average Bonchev–Trinajstić information content (AvgIpc) is 3.26. The van der Waals surface area contributed by atoms with Crippen LogP contribution in [0.1, 0.15) is 31.9 Å². The summed E-state index contributed by atoms with van der Waals surface area (Å²) in [5.74, 6) is -3.13. The van der Waals surface area contributed by atoms with Crippen LogP contribution in [0.4, 0.5) is 22.0 Å². The second-order valence-corrected chi connectivity index (χ2v) is 15.6. The lowest BCUT2D eigenvalue weighted by atomic mass is 10.0. The van der Waals surface area contributed by atoms with E-state index in [9.17, 15) is 22.0 Å². The number of benzene rings is 2. The molecule has 0 amide bonds. The number of ether oxygens (including phenoxy) is 3. The molecule has 0 aromatic heterocycles. The van der Waals surface area contributed by atoms with E-state index in [2.05, 4.69) is 0 Å². The summed E-state index contributed by atoms with van der Waals surface area (Å²) in [7, 11) is -2.49. The number of alkyl halides is 3. The Hall–Kier alpha value is -2.08. The van der Waals surface area contributed by atoms with Gasteiger partial charge in [-0.1, -0.05) is 20.8 Å². The molecule has 1 heterocycles. The minimum absolute atomic E-state index is 0.0671. The molecule has 0 unspecified atom stereocenters. The van der Waals surface area contributed by atoms with Crippen molar-refractivity contribution in [3.8, 4) is 11.5 Å². The number of hydrogen-bond acceptors (Lipinski definition) is 5. The molecule has 0 radical (unpaired) electrons. The maximum absolute atomic E-state index is 13.8. The monoisotopic (exact) mass is 532 g/mol. The Kier molecular flexibility index (Phi) is 6.53. The summed E-state index contributed by atoms with van der Waals surface area (Å²) in [5, 5.41) is -0.230. The highest BCUT2D eigenvalue weighted by atomic mass is 32.2. The van der Waals surface area contributed by atoms with E-state index in [1.165, 1.54) is 18.2 Å². The van der Waals surface area contributed by atoms with Crippen LogP contribution in [0, 0.1) is 11.6 Å². The lowest BCUT2D eigenvalue weighted by molar-refractivity contribution is -0.123. The summed E-state index contributed by atoms with van der Waals surface area (Å²) >= 11 is -0.301. The van der Waals surface area contributed by atoms with E-state index in [1.807, 2.05) is 33.9 Å². The highest BCUT2D eigenvalue weighted by molar-refractivity contribution is 8.00. The molecule has 0 bridgehead atoms. The lowest BCUT2D eigenvalue weighted by Gasteiger charge is -2.37. The standard InChI is InChI=1S/C24H25F5O4SSi/c1-22(2,3)35(4,5)33-18-13-23(30-8-9-31-23)21-19(34-24(27,28)29)7-6-17(20(18)21)32-16-11-14(25)10-15(26)12-16/h6-7,10-13H,8-9H2,1-5H3. The molecule has 4 rings (SSSR count). The molecule has 1 fully saturated rings.